The molecule has 1 amide bonds. The molecule has 2 fully saturated rings. The first kappa shape index (κ1) is 16.5. The summed E-state index contributed by atoms with van der Waals surface area (Å²) in [6.45, 7) is 7.21. The second kappa shape index (κ2) is 5.75. The minimum absolute atomic E-state index is 0.132. The molecule has 0 aromatic heterocycles. The van der Waals surface area contributed by atoms with Gasteiger partial charge in [-0.1, -0.05) is 0 Å². The fraction of sp³-hybridized carbons (Fsp3) is 0.938. The highest BCUT2D eigenvalue weighted by molar-refractivity contribution is 5.68. The number of carbonyl (C=O) groups is 1. The summed E-state index contributed by atoms with van der Waals surface area (Å²) in [4.78, 5) is 13.8. The summed E-state index contributed by atoms with van der Waals surface area (Å²) in [6.07, 6.45) is 4.59. The lowest BCUT2D eigenvalue weighted by molar-refractivity contribution is -0.0141. The number of carbonyl (C=O) groups excluding carboxylic acids is 1. The molecule has 0 unspecified atom stereocenters. The highest BCUT2D eigenvalue weighted by atomic mass is 19.1. The first-order valence-electron chi connectivity index (χ1n) is 8.04. The molecule has 4 nitrogen and oxygen atoms in total. The number of alkyl halides is 1. The molecule has 1 aliphatic carbocycles. The van der Waals surface area contributed by atoms with Crippen LogP contribution in [0.5, 0.6) is 0 Å². The normalized spacial score (nSPS) is 24.9. The summed E-state index contributed by atoms with van der Waals surface area (Å²) >= 11 is 0. The summed E-state index contributed by atoms with van der Waals surface area (Å²) in [6, 6.07) is 0. The van der Waals surface area contributed by atoms with Crippen molar-refractivity contribution < 1.29 is 13.9 Å². The molecule has 2 rings (SSSR count). The monoisotopic (exact) mass is 300 g/mol. The summed E-state index contributed by atoms with van der Waals surface area (Å²) in [5.41, 5.74) is 4.13. The minimum Gasteiger partial charge on any atom is -0.444 e. The SMILES string of the molecule is CC(C)(C)OC(=O)N1CCC2(CC1)CCC(F)(CN)CC2. The third kappa shape index (κ3) is 4.09. The van der Waals surface area contributed by atoms with Gasteiger partial charge in [0.1, 0.15) is 11.3 Å². The number of halogens is 1. The van der Waals surface area contributed by atoms with Crippen LogP contribution in [-0.2, 0) is 4.74 Å². The molecule has 2 aliphatic rings. The van der Waals surface area contributed by atoms with E-state index in [1.165, 1.54) is 0 Å². The Morgan fingerprint density at radius 3 is 2.10 bits per heavy atom. The van der Waals surface area contributed by atoms with Gasteiger partial charge in [0, 0.05) is 19.6 Å². The highest BCUT2D eigenvalue weighted by Gasteiger charge is 2.44. The molecule has 5 heteroatoms. The second-order valence-electron chi connectivity index (χ2n) is 7.82. The molecule has 0 radical (unpaired) electrons. The molecule has 0 aromatic rings. The Labute approximate surface area is 127 Å². The van der Waals surface area contributed by atoms with E-state index in [0.717, 1.165) is 38.8 Å². The Kier molecular flexibility index (Phi) is 4.52. The summed E-state index contributed by atoms with van der Waals surface area (Å²) in [5.74, 6) is 0. The van der Waals surface area contributed by atoms with Crippen LogP contribution < -0.4 is 5.73 Å². The van der Waals surface area contributed by atoms with Gasteiger partial charge in [0.2, 0.25) is 0 Å². The molecule has 1 heterocycles. The molecule has 21 heavy (non-hydrogen) atoms. The van der Waals surface area contributed by atoms with E-state index >= 15 is 0 Å². The second-order valence-corrected chi connectivity index (χ2v) is 7.82. The Balaban J connectivity index is 1.85. The number of hydrogen-bond acceptors (Lipinski definition) is 3. The van der Waals surface area contributed by atoms with Gasteiger partial charge in [-0.3, -0.25) is 0 Å². The van der Waals surface area contributed by atoms with Crippen molar-refractivity contribution in [1.29, 1.82) is 0 Å². The van der Waals surface area contributed by atoms with Gasteiger partial charge in [0.25, 0.3) is 0 Å². The third-order valence-corrected chi connectivity index (χ3v) is 5.05. The molecule has 1 aliphatic heterocycles. The van der Waals surface area contributed by atoms with Crippen LogP contribution in [-0.4, -0.2) is 41.9 Å². The molecule has 1 saturated heterocycles. The maximum atomic E-state index is 14.2. The summed E-state index contributed by atoms with van der Waals surface area (Å²) < 4.78 is 19.6. The van der Waals surface area contributed by atoms with Gasteiger partial charge in [0.05, 0.1) is 0 Å². The summed E-state index contributed by atoms with van der Waals surface area (Å²) in [7, 11) is 0. The lowest BCUT2D eigenvalue weighted by Gasteiger charge is -2.47. The van der Waals surface area contributed by atoms with Crippen molar-refractivity contribution >= 4 is 6.09 Å². The largest absolute Gasteiger partial charge is 0.444 e. The van der Waals surface area contributed by atoms with Gasteiger partial charge in [-0.05, 0) is 64.7 Å². The van der Waals surface area contributed by atoms with Crippen molar-refractivity contribution in [2.45, 2.75) is 70.6 Å². The number of rotatable bonds is 1. The number of ether oxygens (including phenoxy) is 1. The van der Waals surface area contributed by atoms with E-state index < -0.39 is 11.3 Å². The van der Waals surface area contributed by atoms with Crippen LogP contribution in [0.15, 0.2) is 0 Å². The van der Waals surface area contributed by atoms with Crippen LogP contribution in [0, 0.1) is 5.41 Å². The molecule has 0 bridgehead atoms. The van der Waals surface area contributed by atoms with E-state index in [0.29, 0.717) is 12.8 Å². The first-order valence-corrected chi connectivity index (χ1v) is 8.04. The number of likely N-dealkylation sites (tertiary alicyclic amines) is 1. The van der Waals surface area contributed by atoms with Crippen molar-refractivity contribution in [3.8, 4) is 0 Å². The molecule has 2 N–H and O–H groups in total. The smallest absolute Gasteiger partial charge is 0.410 e. The van der Waals surface area contributed by atoms with Crippen LogP contribution in [0.25, 0.3) is 0 Å². The van der Waals surface area contributed by atoms with Crippen molar-refractivity contribution in [2.24, 2.45) is 11.1 Å². The highest BCUT2D eigenvalue weighted by Crippen LogP contribution is 2.48. The Hall–Kier alpha value is -0.840. The zero-order valence-corrected chi connectivity index (χ0v) is 13.6. The van der Waals surface area contributed by atoms with E-state index in [-0.39, 0.29) is 18.1 Å². The van der Waals surface area contributed by atoms with Crippen LogP contribution in [0.1, 0.15) is 59.3 Å². The quantitative estimate of drug-likeness (QED) is 0.809. The van der Waals surface area contributed by atoms with Gasteiger partial charge in [0.15, 0.2) is 0 Å². The van der Waals surface area contributed by atoms with E-state index in [1.54, 1.807) is 4.90 Å². The van der Waals surface area contributed by atoms with Crippen molar-refractivity contribution in [1.82, 2.24) is 4.90 Å². The molecule has 1 saturated carbocycles. The van der Waals surface area contributed by atoms with Gasteiger partial charge in [-0.15, -0.1) is 0 Å². The zero-order chi connectivity index (χ0) is 15.7. The number of nitrogens with two attached hydrogens (primary N) is 1. The van der Waals surface area contributed by atoms with Gasteiger partial charge in [-0.25, -0.2) is 9.18 Å². The number of amides is 1. The van der Waals surface area contributed by atoms with E-state index in [2.05, 4.69) is 0 Å². The van der Waals surface area contributed by atoms with Crippen molar-refractivity contribution in [3.05, 3.63) is 0 Å². The van der Waals surface area contributed by atoms with E-state index in [9.17, 15) is 9.18 Å². The van der Waals surface area contributed by atoms with Crippen LogP contribution >= 0.6 is 0 Å². The standard InChI is InChI=1S/C16H29FN2O2/c1-14(2,3)21-13(20)19-10-8-15(9-11-19)4-6-16(17,12-18)7-5-15/h4-12,18H2,1-3H3. The van der Waals surface area contributed by atoms with Crippen LogP contribution in [0.4, 0.5) is 9.18 Å². The Morgan fingerprint density at radius 1 is 1.14 bits per heavy atom. The van der Waals surface area contributed by atoms with Crippen molar-refractivity contribution in [3.63, 3.8) is 0 Å². The lowest BCUT2D eigenvalue weighted by atomic mass is 9.64. The predicted octanol–water partition coefficient (Wildman–Crippen LogP) is 3.24. The molecular formula is C16H29FN2O2. The molecule has 0 atom stereocenters. The maximum absolute atomic E-state index is 14.2. The third-order valence-electron chi connectivity index (χ3n) is 5.05. The molecular weight excluding hydrogens is 271 g/mol. The lowest BCUT2D eigenvalue weighted by Crippen LogP contribution is -2.48. The van der Waals surface area contributed by atoms with Gasteiger partial charge >= 0.3 is 6.09 Å². The number of piperidine rings is 1. The fourth-order valence-corrected chi connectivity index (χ4v) is 3.42. The molecule has 0 aromatic carbocycles. The first-order chi connectivity index (χ1) is 9.67. The van der Waals surface area contributed by atoms with Crippen LogP contribution in [0.2, 0.25) is 0 Å². The number of hydrogen-bond donors (Lipinski definition) is 1. The Bertz CT molecular complexity index is 374. The van der Waals surface area contributed by atoms with E-state index in [1.807, 2.05) is 20.8 Å². The van der Waals surface area contributed by atoms with E-state index in [4.69, 9.17) is 10.5 Å². The average molecular weight is 300 g/mol. The topological polar surface area (TPSA) is 55.6 Å². The minimum atomic E-state index is -1.16. The summed E-state index contributed by atoms with van der Waals surface area (Å²) in [5, 5.41) is 0. The molecule has 1 spiro atoms. The van der Waals surface area contributed by atoms with Gasteiger partial charge < -0.3 is 15.4 Å². The van der Waals surface area contributed by atoms with Crippen LogP contribution in [0.3, 0.4) is 0 Å². The fourth-order valence-electron chi connectivity index (χ4n) is 3.42. The Morgan fingerprint density at radius 2 is 1.67 bits per heavy atom. The zero-order valence-electron chi connectivity index (χ0n) is 13.6. The molecule has 122 valence electrons. The number of nitrogens with zero attached hydrogens (tertiary/aromatic N) is 1. The average Bonchev–Trinajstić information content (AvgIpc) is 2.42. The van der Waals surface area contributed by atoms with Gasteiger partial charge in [-0.2, -0.15) is 0 Å². The predicted molar refractivity (Wildman–Crippen MR) is 80.8 cm³/mol. The maximum Gasteiger partial charge on any atom is 0.410 e. The van der Waals surface area contributed by atoms with Crippen molar-refractivity contribution in [2.75, 3.05) is 19.6 Å².